The van der Waals surface area contributed by atoms with Gasteiger partial charge in [-0.1, -0.05) is 23.8 Å². The molecule has 3 rings (SSSR count). The van der Waals surface area contributed by atoms with E-state index in [4.69, 9.17) is 16.3 Å². The molecule has 4 nitrogen and oxygen atoms in total. The van der Waals surface area contributed by atoms with Gasteiger partial charge in [-0.15, -0.1) is 0 Å². The van der Waals surface area contributed by atoms with Crippen molar-refractivity contribution in [3.63, 3.8) is 0 Å². The number of nitrogens with zero attached hydrogens (tertiary/aromatic N) is 1. The van der Waals surface area contributed by atoms with Crippen LogP contribution in [0.15, 0.2) is 35.5 Å². The fraction of sp³-hybridized carbons (Fsp3) is 0.333. The van der Waals surface area contributed by atoms with Crippen LogP contribution < -0.4 is 10.2 Å². The van der Waals surface area contributed by atoms with Crippen LogP contribution in [0.25, 0.3) is 0 Å². The number of hydrazone groups is 1. The summed E-state index contributed by atoms with van der Waals surface area (Å²) in [6.07, 6.45) is 5.77. The number of hydrogen-bond acceptors (Lipinski definition) is 3. The Morgan fingerprint density at radius 3 is 2.75 bits per heavy atom. The van der Waals surface area contributed by atoms with Gasteiger partial charge in [0.1, 0.15) is 5.75 Å². The molecule has 1 heterocycles. The van der Waals surface area contributed by atoms with Crippen molar-refractivity contribution in [1.29, 1.82) is 0 Å². The molecule has 104 valence electrons. The summed E-state index contributed by atoms with van der Waals surface area (Å²) in [6.45, 7) is 0. The van der Waals surface area contributed by atoms with Crippen LogP contribution in [-0.4, -0.2) is 18.7 Å². The molecule has 1 aromatic rings. The second-order valence-corrected chi connectivity index (χ2v) is 5.39. The first-order chi connectivity index (χ1) is 9.70. The molecule has 0 radical (unpaired) electrons. The van der Waals surface area contributed by atoms with Crippen LogP contribution in [0.5, 0.6) is 5.75 Å². The SMILES string of the molecule is COc1ccc(C2=NNC(=O)[C@@H]3CC=CC[C@H]23)cc1Cl. The highest BCUT2D eigenvalue weighted by Crippen LogP contribution is 2.33. The number of methoxy groups -OCH3 is 1. The third-order valence-electron chi connectivity index (χ3n) is 3.85. The van der Waals surface area contributed by atoms with E-state index in [0.717, 1.165) is 24.1 Å². The zero-order valence-corrected chi connectivity index (χ0v) is 11.9. The molecule has 0 bridgehead atoms. The number of benzene rings is 1. The Labute approximate surface area is 122 Å². The second kappa shape index (κ2) is 5.29. The highest BCUT2D eigenvalue weighted by Gasteiger charge is 2.36. The molecule has 0 fully saturated rings. The van der Waals surface area contributed by atoms with Crippen LogP contribution in [-0.2, 0) is 4.79 Å². The number of fused-ring (bicyclic) bond motifs is 1. The van der Waals surface area contributed by atoms with E-state index in [0.29, 0.717) is 10.8 Å². The summed E-state index contributed by atoms with van der Waals surface area (Å²) in [6, 6.07) is 5.59. The quantitative estimate of drug-likeness (QED) is 0.852. The average molecular weight is 291 g/mol. The molecule has 1 aromatic carbocycles. The predicted molar refractivity (Wildman–Crippen MR) is 78.0 cm³/mol. The van der Waals surface area contributed by atoms with Gasteiger partial charge in [0.15, 0.2) is 0 Å². The van der Waals surface area contributed by atoms with E-state index in [1.807, 2.05) is 18.2 Å². The normalized spacial score (nSPS) is 24.7. The fourth-order valence-corrected chi connectivity index (χ4v) is 3.05. The van der Waals surface area contributed by atoms with Gasteiger partial charge in [-0.2, -0.15) is 5.10 Å². The van der Waals surface area contributed by atoms with E-state index in [1.54, 1.807) is 7.11 Å². The van der Waals surface area contributed by atoms with E-state index >= 15 is 0 Å². The summed E-state index contributed by atoms with van der Waals surface area (Å²) >= 11 is 6.17. The van der Waals surface area contributed by atoms with Gasteiger partial charge >= 0.3 is 0 Å². The Bertz CT molecular complexity index is 610. The molecule has 1 aliphatic carbocycles. The molecule has 0 unspecified atom stereocenters. The predicted octanol–water partition coefficient (Wildman–Crippen LogP) is 2.76. The maximum absolute atomic E-state index is 11.9. The van der Waals surface area contributed by atoms with Crippen LogP contribution in [0, 0.1) is 11.8 Å². The van der Waals surface area contributed by atoms with Crippen LogP contribution in [0.1, 0.15) is 18.4 Å². The minimum Gasteiger partial charge on any atom is -0.495 e. The Morgan fingerprint density at radius 2 is 2.05 bits per heavy atom. The maximum Gasteiger partial charge on any atom is 0.244 e. The molecule has 5 heteroatoms. The molecule has 0 spiro atoms. The van der Waals surface area contributed by atoms with E-state index in [2.05, 4.69) is 22.7 Å². The molecule has 0 saturated carbocycles. The zero-order valence-electron chi connectivity index (χ0n) is 11.1. The number of halogens is 1. The van der Waals surface area contributed by atoms with Gasteiger partial charge in [0.05, 0.1) is 23.8 Å². The van der Waals surface area contributed by atoms with Gasteiger partial charge in [-0.3, -0.25) is 4.79 Å². The van der Waals surface area contributed by atoms with Crippen LogP contribution in [0.2, 0.25) is 5.02 Å². The lowest BCUT2D eigenvalue weighted by molar-refractivity contribution is -0.126. The largest absolute Gasteiger partial charge is 0.495 e. The van der Waals surface area contributed by atoms with E-state index in [9.17, 15) is 4.79 Å². The van der Waals surface area contributed by atoms with Crippen molar-refractivity contribution in [2.24, 2.45) is 16.9 Å². The summed E-state index contributed by atoms with van der Waals surface area (Å²) in [5.74, 6) is 0.727. The molecular weight excluding hydrogens is 276 g/mol. The number of carbonyl (C=O) groups excluding carboxylic acids is 1. The van der Waals surface area contributed by atoms with E-state index in [-0.39, 0.29) is 17.7 Å². The van der Waals surface area contributed by atoms with Gasteiger partial charge < -0.3 is 4.74 Å². The average Bonchev–Trinajstić information content (AvgIpc) is 2.48. The molecule has 2 atom stereocenters. The number of hydrogen-bond donors (Lipinski definition) is 1. The standard InChI is InChI=1S/C15H15ClN2O2/c1-20-13-7-6-9(8-12(13)16)14-10-4-2-3-5-11(10)15(19)18-17-14/h2-3,6-8,10-11H,4-5H2,1H3,(H,18,19)/t10-,11+/m0/s1. The van der Waals surface area contributed by atoms with Crippen molar-refractivity contribution in [2.75, 3.05) is 7.11 Å². The lowest BCUT2D eigenvalue weighted by atomic mass is 9.77. The molecular formula is C15H15ClN2O2. The van der Waals surface area contributed by atoms with Crippen LogP contribution in [0.4, 0.5) is 0 Å². The number of nitrogens with one attached hydrogen (secondary N) is 1. The van der Waals surface area contributed by atoms with E-state index < -0.39 is 0 Å². The van der Waals surface area contributed by atoms with Gasteiger partial charge in [0.25, 0.3) is 0 Å². The molecule has 0 aromatic heterocycles. The van der Waals surface area contributed by atoms with Crippen LogP contribution in [0.3, 0.4) is 0 Å². The highest BCUT2D eigenvalue weighted by molar-refractivity contribution is 6.32. The Kier molecular flexibility index (Phi) is 3.49. The topological polar surface area (TPSA) is 50.7 Å². The van der Waals surface area contributed by atoms with E-state index in [1.165, 1.54) is 0 Å². The third-order valence-corrected chi connectivity index (χ3v) is 4.15. The molecule has 20 heavy (non-hydrogen) atoms. The molecule has 1 N–H and O–H groups in total. The number of amides is 1. The number of carbonyl (C=O) groups is 1. The number of rotatable bonds is 2. The molecule has 0 saturated heterocycles. The maximum atomic E-state index is 11.9. The lowest BCUT2D eigenvalue weighted by Gasteiger charge is -2.31. The summed E-state index contributed by atoms with van der Waals surface area (Å²) in [5, 5.41) is 4.79. The first-order valence-corrected chi connectivity index (χ1v) is 6.95. The first kappa shape index (κ1) is 13.2. The van der Waals surface area contributed by atoms with Gasteiger partial charge in [-0.25, -0.2) is 5.43 Å². The van der Waals surface area contributed by atoms with Crippen molar-refractivity contribution in [1.82, 2.24) is 5.43 Å². The minimum absolute atomic E-state index is 0.00251. The lowest BCUT2D eigenvalue weighted by Crippen LogP contribution is -2.42. The summed E-state index contributed by atoms with van der Waals surface area (Å²) in [7, 11) is 1.58. The number of allylic oxidation sites excluding steroid dienone is 2. The molecule has 1 aliphatic heterocycles. The van der Waals surface area contributed by atoms with Crippen molar-refractivity contribution in [3.8, 4) is 5.75 Å². The zero-order chi connectivity index (χ0) is 14.1. The van der Waals surface area contributed by atoms with Crippen molar-refractivity contribution in [2.45, 2.75) is 12.8 Å². The summed E-state index contributed by atoms with van der Waals surface area (Å²) in [4.78, 5) is 11.9. The monoisotopic (exact) mass is 290 g/mol. The molecule has 1 amide bonds. The highest BCUT2D eigenvalue weighted by atomic mass is 35.5. The molecule has 2 aliphatic rings. The fourth-order valence-electron chi connectivity index (χ4n) is 2.79. The van der Waals surface area contributed by atoms with Crippen molar-refractivity contribution in [3.05, 3.63) is 40.9 Å². The smallest absolute Gasteiger partial charge is 0.244 e. The Morgan fingerprint density at radius 1 is 1.30 bits per heavy atom. The van der Waals surface area contributed by atoms with Gasteiger partial charge in [0.2, 0.25) is 5.91 Å². The summed E-state index contributed by atoms with van der Waals surface area (Å²) < 4.78 is 5.16. The van der Waals surface area contributed by atoms with Gasteiger partial charge in [0, 0.05) is 5.92 Å². The third kappa shape index (κ3) is 2.20. The van der Waals surface area contributed by atoms with Crippen LogP contribution >= 0.6 is 11.6 Å². The van der Waals surface area contributed by atoms with Gasteiger partial charge in [-0.05, 0) is 36.6 Å². The Balaban J connectivity index is 1.98. The summed E-state index contributed by atoms with van der Waals surface area (Å²) in [5.41, 5.74) is 4.44. The second-order valence-electron chi connectivity index (χ2n) is 4.98. The van der Waals surface area contributed by atoms with Crippen molar-refractivity contribution >= 4 is 23.2 Å². The van der Waals surface area contributed by atoms with Crippen molar-refractivity contribution < 1.29 is 9.53 Å². The number of ether oxygens (including phenoxy) is 1. The Hall–Kier alpha value is -1.81. The first-order valence-electron chi connectivity index (χ1n) is 6.57. The minimum atomic E-state index is -0.0339.